The molecular weight excluding hydrogens is 254 g/mol. The molecule has 0 spiro atoms. The molecule has 1 heterocycles. The van der Waals surface area contributed by atoms with Gasteiger partial charge in [-0.2, -0.15) is 0 Å². The lowest BCUT2D eigenvalue weighted by Crippen LogP contribution is -2.46. The quantitative estimate of drug-likeness (QED) is 0.780. The first kappa shape index (κ1) is 14.5. The van der Waals surface area contributed by atoms with Gasteiger partial charge in [0.25, 0.3) is 0 Å². The molecule has 1 saturated heterocycles. The van der Waals surface area contributed by atoms with E-state index in [0.29, 0.717) is 12.1 Å². The van der Waals surface area contributed by atoms with E-state index in [1.807, 2.05) is 13.8 Å². The minimum absolute atomic E-state index is 0.0135. The van der Waals surface area contributed by atoms with Crippen LogP contribution in [-0.2, 0) is 4.79 Å². The summed E-state index contributed by atoms with van der Waals surface area (Å²) in [5, 5.41) is 6.21. The van der Waals surface area contributed by atoms with Crippen molar-refractivity contribution in [2.75, 3.05) is 18.4 Å². The Morgan fingerprint density at radius 2 is 2.15 bits per heavy atom. The van der Waals surface area contributed by atoms with Gasteiger partial charge in [0.2, 0.25) is 11.8 Å². The van der Waals surface area contributed by atoms with Crippen molar-refractivity contribution in [1.82, 2.24) is 5.32 Å². The third kappa shape index (κ3) is 2.99. The highest BCUT2D eigenvalue weighted by atomic mass is 16.2. The van der Waals surface area contributed by atoms with E-state index in [0.717, 1.165) is 30.6 Å². The fourth-order valence-electron chi connectivity index (χ4n) is 2.48. The van der Waals surface area contributed by atoms with E-state index in [1.54, 1.807) is 18.2 Å². The van der Waals surface area contributed by atoms with Gasteiger partial charge in [0.05, 0.1) is 5.41 Å². The van der Waals surface area contributed by atoms with Crippen molar-refractivity contribution in [2.24, 2.45) is 11.1 Å². The number of anilines is 1. The van der Waals surface area contributed by atoms with E-state index in [-0.39, 0.29) is 11.3 Å². The molecule has 1 aromatic rings. The SMILES string of the molecule is Cc1cc(C(N)=O)ccc1NC(=O)C1(C)CCCNC1. The molecule has 20 heavy (non-hydrogen) atoms. The Balaban J connectivity index is 2.13. The van der Waals surface area contributed by atoms with Gasteiger partial charge in [-0.05, 0) is 57.0 Å². The molecule has 1 unspecified atom stereocenters. The Hall–Kier alpha value is -1.88. The highest BCUT2D eigenvalue weighted by molar-refractivity contribution is 5.97. The first-order valence-corrected chi connectivity index (χ1v) is 6.85. The monoisotopic (exact) mass is 275 g/mol. The maximum atomic E-state index is 12.4. The Kier molecular flexibility index (Phi) is 4.09. The molecule has 4 N–H and O–H groups in total. The van der Waals surface area contributed by atoms with Crippen LogP contribution in [0, 0.1) is 12.3 Å². The van der Waals surface area contributed by atoms with E-state index >= 15 is 0 Å². The van der Waals surface area contributed by atoms with E-state index < -0.39 is 5.91 Å². The lowest BCUT2D eigenvalue weighted by atomic mass is 9.82. The fraction of sp³-hybridized carbons (Fsp3) is 0.467. The second kappa shape index (κ2) is 5.63. The van der Waals surface area contributed by atoms with Crippen LogP contribution in [0.3, 0.4) is 0 Å². The molecule has 108 valence electrons. The molecule has 1 fully saturated rings. The van der Waals surface area contributed by atoms with Crippen molar-refractivity contribution < 1.29 is 9.59 Å². The number of carbonyl (C=O) groups is 2. The van der Waals surface area contributed by atoms with E-state index in [9.17, 15) is 9.59 Å². The highest BCUT2D eigenvalue weighted by Gasteiger charge is 2.34. The molecule has 1 atom stereocenters. The van der Waals surface area contributed by atoms with E-state index in [4.69, 9.17) is 5.73 Å². The summed E-state index contributed by atoms with van der Waals surface area (Å²) in [6.07, 6.45) is 1.88. The molecule has 2 amide bonds. The zero-order valence-corrected chi connectivity index (χ0v) is 12.0. The zero-order valence-electron chi connectivity index (χ0n) is 12.0. The first-order chi connectivity index (χ1) is 9.42. The van der Waals surface area contributed by atoms with Gasteiger partial charge in [-0.1, -0.05) is 0 Å². The van der Waals surface area contributed by atoms with Gasteiger partial charge in [-0.3, -0.25) is 9.59 Å². The average molecular weight is 275 g/mol. The Bertz CT molecular complexity index is 534. The van der Waals surface area contributed by atoms with Gasteiger partial charge in [0.1, 0.15) is 0 Å². The molecule has 0 radical (unpaired) electrons. The van der Waals surface area contributed by atoms with Gasteiger partial charge in [0.15, 0.2) is 0 Å². The number of hydrogen-bond donors (Lipinski definition) is 3. The number of carbonyl (C=O) groups excluding carboxylic acids is 2. The standard InChI is InChI=1S/C15H21N3O2/c1-10-8-11(13(16)19)4-5-12(10)18-14(20)15(2)6-3-7-17-9-15/h4-5,8,17H,3,6-7,9H2,1-2H3,(H2,16,19)(H,18,20). The predicted octanol–water partition coefficient (Wildman–Crippen LogP) is 1.42. The van der Waals surface area contributed by atoms with Crippen molar-refractivity contribution >= 4 is 17.5 Å². The van der Waals surface area contributed by atoms with Gasteiger partial charge >= 0.3 is 0 Å². The normalized spacial score (nSPS) is 22.3. The van der Waals surface area contributed by atoms with Crippen LogP contribution in [0.25, 0.3) is 0 Å². The maximum Gasteiger partial charge on any atom is 0.248 e. The lowest BCUT2D eigenvalue weighted by molar-refractivity contribution is -0.125. The van der Waals surface area contributed by atoms with Gasteiger partial charge in [0, 0.05) is 17.8 Å². The van der Waals surface area contributed by atoms with Gasteiger partial charge in [-0.15, -0.1) is 0 Å². The molecule has 1 aliphatic heterocycles. The molecule has 0 aromatic heterocycles. The van der Waals surface area contributed by atoms with Crippen LogP contribution in [-0.4, -0.2) is 24.9 Å². The molecule has 5 heteroatoms. The van der Waals surface area contributed by atoms with Crippen LogP contribution in [0.1, 0.15) is 35.7 Å². The van der Waals surface area contributed by atoms with Crippen LogP contribution in [0.15, 0.2) is 18.2 Å². The summed E-state index contributed by atoms with van der Waals surface area (Å²) in [6.45, 7) is 5.48. The maximum absolute atomic E-state index is 12.4. The molecule has 0 bridgehead atoms. The zero-order chi connectivity index (χ0) is 14.8. The van der Waals surface area contributed by atoms with Crippen LogP contribution < -0.4 is 16.4 Å². The van der Waals surface area contributed by atoms with Crippen LogP contribution in [0.2, 0.25) is 0 Å². The van der Waals surface area contributed by atoms with Crippen molar-refractivity contribution in [1.29, 1.82) is 0 Å². The summed E-state index contributed by atoms with van der Waals surface area (Å²) in [7, 11) is 0. The second-order valence-corrected chi connectivity index (χ2v) is 5.69. The van der Waals surface area contributed by atoms with Gasteiger partial charge < -0.3 is 16.4 Å². The summed E-state index contributed by atoms with van der Waals surface area (Å²) in [5.41, 5.74) is 6.87. The first-order valence-electron chi connectivity index (χ1n) is 6.85. The molecule has 1 aliphatic rings. The van der Waals surface area contributed by atoms with Crippen molar-refractivity contribution in [2.45, 2.75) is 26.7 Å². The Morgan fingerprint density at radius 1 is 1.40 bits per heavy atom. The largest absolute Gasteiger partial charge is 0.366 e. The third-order valence-electron chi connectivity index (χ3n) is 3.90. The van der Waals surface area contributed by atoms with E-state index in [1.165, 1.54) is 0 Å². The summed E-state index contributed by atoms with van der Waals surface area (Å²) < 4.78 is 0. The van der Waals surface area contributed by atoms with Crippen molar-refractivity contribution in [3.8, 4) is 0 Å². The van der Waals surface area contributed by atoms with E-state index in [2.05, 4.69) is 10.6 Å². The minimum Gasteiger partial charge on any atom is -0.366 e. The fourth-order valence-corrected chi connectivity index (χ4v) is 2.48. The Morgan fingerprint density at radius 3 is 2.70 bits per heavy atom. The number of nitrogens with one attached hydrogen (secondary N) is 2. The number of primary amides is 1. The molecule has 2 rings (SSSR count). The predicted molar refractivity (Wildman–Crippen MR) is 78.5 cm³/mol. The number of rotatable bonds is 3. The molecular formula is C15H21N3O2. The molecule has 0 aliphatic carbocycles. The number of nitrogens with two attached hydrogens (primary N) is 1. The molecule has 5 nitrogen and oxygen atoms in total. The summed E-state index contributed by atoms with van der Waals surface area (Å²) in [5.74, 6) is -0.450. The Labute approximate surface area is 118 Å². The van der Waals surface area contributed by atoms with Gasteiger partial charge in [-0.25, -0.2) is 0 Å². The third-order valence-corrected chi connectivity index (χ3v) is 3.90. The number of piperidine rings is 1. The van der Waals surface area contributed by atoms with Crippen LogP contribution >= 0.6 is 0 Å². The lowest BCUT2D eigenvalue weighted by Gasteiger charge is -2.32. The molecule has 0 saturated carbocycles. The van der Waals surface area contributed by atoms with Crippen molar-refractivity contribution in [3.63, 3.8) is 0 Å². The summed E-state index contributed by atoms with van der Waals surface area (Å²) in [4.78, 5) is 23.5. The summed E-state index contributed by atoms with van der Waals surface area (Å²) >= 11 is 0. The number of aryl methyl sites for hydroxylation is 1. The smallest absolute Gasteiger partial charge is 0.248 e. The number of hydrogen-bond acceptors (Lipinski definition) is 3. The van der Waals surface area contributed by atoms with Crippen LogP contribution in [0.4, 0.5) is 5.69 Å². The average Bonchev–Trinajstić information content (AvgIpc) is 2.41. The topological polar surface area (TPSA) is 84.2 Å². The highest BCUT2D eigenvalue weighted by Crippen LogP contribution is 2.28. The molecule has 1 aromatic carbocycles. The second-order valence-electron chi connectivity index (χ2n) is 5.69. The number of benzene rings is 1. The summed E-state index contributed by atoms with van der Waals surface area (Å²) in [6, 6.07) is 5.05. The van der Waals surface area contributed by atoms with Crippen LogP contribution in [0.5, 0.6) is 0 Å². The minimum atomic E-state index is -0.464. The number of amides is 2. The van der Waals surface area contributed by atoms with Crippen molar-refractivity contribution in [3.05, 3.63) is 29.3 Å².